The topological polar surface area (TPSA) is 101 Å². The summed E-state index contributed by atoms with van der Waals surface area (Å²) in [4.78, 5) is 21.7. The number of hydrogen-bond acceptors (Lipinski definition) is 4. The lowest BCUT2D eigenvalue weighted by atomic mass is 10.0. The van der Waals surface area contributed by atoms with Gasteiger partial charge in [0, 0.05) is 12.7 Å². The molecule has 10 heteroatoms. The zero-order chi connectivity index (χ0) is 14.8. The monoisotopic (exact) mass is 291 g/mol. The maximum Gasteiger partial charge on any atom is 0.422 e. The molecule has 0 aromatic carbocycles. The van der Waals surface area contributed by atoms with Gasteiger partial charge in [-0.2, -0.15) is 13.2 Å². The van der Waals surface area contributed by atoms with Crippen LogP contribution in [0.2, 0.25) is 0 Å². The van der Waals surface area contributed by atoms with E-state index in [2.05, 4.69) is 0 Å². The Balaban J connectivity index is 4.84. The smallest absolute Gasteiger partial charge is 0.422 e. The van der Waals surface area contributed by atoms with E-state index in [0.29, 0.717) is 0 Å². The second-order valence-electron chi connectivity index (χ2n) is 3.86. The third-order valence-corrected chi connectivity index (χ3v) is 3.03. The maximum absolute atomic E-state index is 12.5. The van der Waals surface area contributed by atoms with Gasteiger partial charge < -0.3 is 10.4 Å². The van der Waals surface area contributed by atoms with Gasteiger partial charge in [-0.25, -0.2) is 13.2 Å². The van der Waals surface area contributed by atoms with Crippen LogP contribution in [0.3, 0.4) is 0 Å². The van der Waals surface area contributed by atoms with Gasteiger partial charge in [-0.05, 0) is 6.92 Å². The van der Waals surface area contributed by atoms with E-state index in [9.17, 15) is 31.2 Å². The van der Waals surface area contributed by atoms with Gasteiger partial charge in [0.15, 0.2) is 0 Å². The number of alkyl halides is 3. The van der Waals surface area contributed by atoms with E-state index in [-0.39, 0.29) is 6.92 Å². The third kappa shape index (κ3) is 4.51. The van der Waals surface area contributed by atoms with Crippen LogP contribution in [0.5, 0.6) is 0 Å². The molecule has 0 rings (SSSR count). The van der Waals surface area contributed by atoms with E-state index in [0.717, 1.165) is 6.26 Å². The van der Waals surface area contributed by atoms with Gasteiger partial charge in [0.25, 0.3) is 0 Å². The van der Waals surface area contributed by atoms with Crippen LogP contribution in [0, 0.1) is 0 Å². The van der Waals surface area contributed by atoms with Crippen LogP contribution in [0.1, 0.15) is 13.3 Å². The Hall–Kier alpha value is -1.32. The average molecular weight is 291 g/mol. The van der Waals surface area contributed by atoms with E-state index < -0.39 is 45.6 Å². The first-order valence-electron chi connectivity index (χ1n) is 4.58. The molecule has 0 radical (unpaired) electrons. The molecule has 0 aliphatic heterocycles. The van der Waals surface area contributed by atoms with Gasteiger partial charge >= 0.3 is 12.1 Å². The molecular weight excluding hydrogens is 279 g/mol. The molecule has 18 heavy (non-hydrogen) atoms. The zero-order valence-electron chi connectivity index (χ0n) is 9.54. The van der Waals surface area contributed by atoms with Crippen LogP contribution >= 0.6 is 0 Å². The number of hydrogen-bond donors (Lipinski definition) is 2. The molecular formula is C8H12F3NO5S. The van der Waals surface area contributed by atoms with E-state index in [1.165, 1.54) is 5.32 Å². The minimum atomic E-state index is -5.19. The number of amides is 1. The Kier molecular flexibility index (Phi) is 4.75. The number of carboxylic acid groups (broad SMARTS) is 1. The van der Waals surface area contributed by atoms with Crippen LogP contribution < -0.4 is 5.32 Å². The molecule has 0 aromatic rings. The summed E-state index contributed by atoms with van der Waals surface area (Å²) < 4.78 is 58.9. The van der Waals surface area contributed by atoms with Crippen molar-refractivity contribution in [3.05, 3.63) is 0 Å². The Labute approximate surface area is 101 Å². The van der Waals surface area contributed by atoms with Crippen molar-refractivity contribution in [2.75, 3.05) is 12.0 Å². The molecule has 0 bridgehead atoms. The Morgan fingerprint density at radius 3 is 2.00 bits per heavy atom. The maximum atomic E-state index is 12.5. The molecule has 0 saturated carbocycles. The van der Waals surface area contributed by atoms with E-state index >= 15 is 0 Å². The van der Waals surface area contributed by atoms with Crippen molar-refractivity contribution >= 4 is 21.7 Å². The quantitative estimate of drug-likeness (QED) is 0.739. The van der Waals surface area contributed by atoms with Gasteiger partial charge in [-0.15, -0.1) is 0 Å². The molecule has 0 spiro atoms. The van der Waals surface area contributed by atoms with E-state index in [4.69, 9.17) is 5.11 Å². The summed E-state index contributed by atoms with van der Waals surface area (Å²) in [7, 11) is -3.52. The van der Waals surface area contributed by atoms with Crippen LogP contribution in [0.25, 0.3) is 0 Å². The van der Waals surface area contributed by atoms with Crippen molar-refractivity contribution in [2.45, 2.75) is 25.1 Å². The van der Waals surface area contributed by atoms with Crippen LogP contribution in [0.4, 0.5) is 13.2 Å². The average Bonchev–Trinajstić information content (AvgIpc) is 2.11. The largest absolute Gasteiger partial charge is 0.479 e. The van der Waals surface area contributed by atoms with Crippen molar-refractivity contribution in [1.29, 1.82) is 0 Å². The zero-order valence-corrected chi connectivity index (χ0v) is 10.4. The Bertz CT molecular complexity index is 444. The molecule has 6 nitrogen and oxygen atoms in total. The standard InChI is InChI=1S/C8H12F3NO5S/c1-7(6(14)15,8(9,10)11)12-5(13)3-4-18(2,16)17/h3-4H2,1-2H3,(H,12,13)(H,14,15). The highest BCUT2D eigenvalue weighted by Crippen LogP contribution is 2.30. The second kappa shape index (κ2) is 5.12. The lowest BCUT2D eigenvalue weighted by molar-refractivity contribution is -0.206. The summed E-state index contributed by atoms with van der Waals surface area (Å²) in [5.41, 5.74) is -3.44. The molecule has 106 valence electrons. The minimum Gasteiger partial charge on any atom is -0.479 e. The molecule has 0 fully saturated rings. The lowest BCUT2D eigenvalue weighted by Gasteiger charge is -2.28. The molecule has 1 unspecified atom stereocenters. The van der Waals surface area contributed by atoms with Crippen LogP contribution in [-0.4, -0.2) is 49.1 Å². The molecule has 0 aliphatic rings. The number of carbonyl (C=O) groups excluding carboxylic acids is 1. The Morgan fingerprint density at radius 2 is 1.72 bits per heavy atom. The summed E-state index contributed by atoms with van der Waals surface area (Å²) in [6, 6.07) is 0. The summed E-state index contributed by atoms with van der Waals surface area (Å²) in [5, 5.41) is 9.77. The lowest BCUT2D eigenvalue weighted by Crippen LogP contribution is -2.62. The van der Waals surface area contributed by atoms with Crippen molar-refractivity contribution in [3.8, 4) is 0 Å². The number of carbonyl (C=O) groups is 2. The van der Waals surface area contributed by atoms with Gasteiger partial charge in [0.05, 0.1) is 5.75 Å². The van der Waals surface area contributed by atoms with Gasteiger partial charge in [-0.3, -0.25) is 4.79 Å². The number of sulfone groups is 1. The number of nitrogens with one attached hydrogen (secondary N) is 1. The molecule has 1 amide bonds. The number of carboxylic acids is 1. The first-order valence-corrected chi connectivity index (χ1v) is 6.64. The summed E-state index contributed by atoms with van der Waals surface area (Å²) >= 11 is 0. The first-order chi connectivity index (χ1) is 7.79. The van der Waals surface area contributed by atoms with Crippen LogP contribution in [0.15, 0.2) is 0 Å². The fourth-order valence-electron chi connectivity index (χ4n) is 0.865. The van der Waals surface area contributed by atoms with Gasteiger partial charge in [-0.1, -0.05) is 0 Å². The highest BCUT2D eigenvalue weighted by Gasteiger charge is 2.58. The van der Waals surface area contributed by atoms with Crippen molar-refractivity contribution in [3.63, 3.8) is 0 Å². The minimum absolute atomic E-state index is 0.285. The van der Waals surface area contributed by atoms with Crippen molar-refractivity contribution in [2.24, 2.45) is 0 Å². The molecule has 2 N–H and O–H groups in total. The highest BCUT2D eigenvalue weighted by molar-refractivity contribution is 7.90. The first kappa shape index (κ1) is 16.7. The van der Waals surface area contributed by atoms with Gasteiger partial charge in [0.1, 0.15) is 9.84 Å². The summed E-state index contributed by atoms with van der Waals surface area (Å²) in [6.45, 7) is 0.285. The molecule has 0 aliphatic carbocycles. The fraction of sp³-hybridized carbons (Fsp3) is 0.750. The second-order valence-corrected chi connectivity index (χ2v) is 6.12. The van der Waals surface area contributed by atoms with Crippen molar-refractivity contribution in [1.82, 2.24) is 5.32 Å². The number of aliphatic carboxylic acids is 1. The molecule has 0 aromatic heterocycles. The predicted octanol–water partition coefficient (Wildman–Crippen LogP) is -0.0571. The van der Waals surface area contributed by atoms with Crippen LogP contribution in [-0.2, 0) is 19.4 Å². The number of rotatable bonds is 5. The molecule has 0 heterocycles. The van der Waals surface area contributed by atoms with E-state index in [1.807, 2.05) is 0 Å². The SMILES string of the molecule is CC(NC(=O)CCS(C)(=O)=O)(C(=O)O)C(F)(F)F. The Morgan fingerprint density at radius 1 is 1.28 bits per heavy atom. The summed E-state index contributed by atoms with van der Waals surface area (Å²) in [6.07, 6.45) is -5.13. The molecule has 1 atom stereocenters. The van der Waals surface area contributed by atoms with E-state index in [1.54, 1.807) is 0 Å². The predicted molar refractivity (Wildman–Crippen MR) is 54.6 cm³/mol. The van der Waals surface area contributed by atoms with Crippen molar-refractivity contribution < 1.29 is 36.3 Å². The molecule has 0 saturated heterocycles. The third-order valence-electron chi connectivity index (χ3n) is 2.08. The normalized spacial score (nSPS) is 15.8. The highest BCUT2D eigenvalue weighted by atomic mass is 32.2. The number of halogens is 3. The summed E-state index contributed by atoms with van der Waals surface area (Å²) in [5.74, 6) is -4.24. The fourth-order valence-corrected chi connectivity index (χ4v) is 1.42. The van der Waals surface area contributed by atoms with Gasteiger partial charge in [0.2, 0.25) is 11.4 Å².